The summed E-state index contributed by atoms with van der Waals surface area (Å²) in [5.41, 5.74) is 4.60. The molecule has 7 nitrogen and oxygen atoms in total. The molecule has 8 heteroatoms. The van der Waals surface area contributed by atoms with Crippen LogP contribution < -0.4 is 5.32 Å². The zero-order chi connectivity index (χ0) is 20.9. The Morgan fingerprint density at radius 1 is 1.17 bits per heavy atom. The quantitative estimate of drug-likeness (QED) is 0.590. The number of aryl methyl sites for hydroxylation is 2. The van der Waals surface area contributed by atoms with Crippen molar-refractivity contribution in [2.24, 2.45) is 0 Å². The molecule has 3 aromatic rings. The predicted octanol–water partition coefficient (Wildman–Crippen LogP) is 2.76. The minimum atomic E-state index is 0.0150. The largest absolute Gasteiger partial charge is 0.351 e. The lowest BCUT2D eigenvalue weighted by molar-refractivity contribution is -0.119. The van der Waals surface area contributed by atoms with E-state index >= 15 is 0 Å². The van der Waals surface area contributed by atoms with Gasteiger partial charge in [0.2, 0.25) is 11.1 Å². The number of likely N-dealkylation sites (tertiary alicyclic amines) is 1. The van der Waals surface area contributed by atoms with E-state index in [-0.39, 0.29) is 11.9 Å². The van der Waals surface area contributed by atoms with Crippen LogP contribution in [0, 0.1) is 13.8 Å². The van der Waals surface area contributed by atoms with Gasteiger partial charge in [0, 0.05) is 25.7 Å². The van der Waals surface area contributed by atoms with Crippen LogP contribution in [0.4, 0.5) is 0 Å². The van der Waals surface area contributed by atoms with E-state index in [1.54, 1.807) is 4.68 Å². The molecule has 1 N–H and O–H groups in total. The highest BCUT2D eigenvalue weighted by Crippen LogP contribution is 2.20. The highest BCUT2D eigenvalue weighted by molar-refractivity contribution is 7.99. The number of amides is 1. The Kier molecular flexibility index (Phi) is 6.44. The Bertz CT molecular complexity index is 1010. The average molecular weight is 423 g/mol. The van der Waals surface area contributed by atoms with Gasteiger partial charge in [-0.25, -0.2) is 0 Å². The summed E-state index contributed by atoms with van der Waals surface area (Å²) in [6.45, 7) is 6.94. The van der Waals surface area contributed by atoms with Gasteiger partial charge in [0.05, 0.1) is 11.4 Å². The third kappa shape index (κ3) is 5.06. The van der Waals surface area contributed by atoms with E-state index in [1.165, 1.54) is 28.5 Å². The lowest BCUT2D eigenvalue weighted by atomic mass is 10.1. The molecule has 1 atom stereocenters. The van der Waals surface area contributed by atoms with Crippen LogP contribution in [-0.2, 0) is 11.3 Å². The summed E-state index contributed by atoms with van der Waals surface area (Å²) in [5.74, 6) is 0.307. The first kappa shape index (κ1) is 20.6. The van der Waals surface area contributed by atoms with Crippen LogP contribution in [0.3, 0.4) is 0 Å². The summed E-state index contributed by atoms with van der Waals surface area (Å²) in [6, 6.07) is 16.7. The van der Waals surface area contributed by atoms with Crippen molar-refractivity contribution in [2.45, 2.75) is 38.0 Å². The van der Waals surface area contributed by atoms with Gasteiger partial charge in [0.15, 0.2) is 0 Å². The van der Waals surface area contributed by atoms with Crippen molar-refractivity contribution >= 4 is 17.7 Å². The molecule has 1 amide bonds. The lowest BCUT2D eigenvalue weighted by Gasteiger charge is -2.16. The second kappa shape index (κ2) is 9.40. The molecular formula is C22H26N6OS. The number of hydrogen-bond donors (Lipinski definition) is 1. The number of carbonyl (C=O) groups is 1. The minimum Gasteiger partial charge on any atom is -0.351 e. The van der Waals surface area contributed by atoms with Crippen molar-refractivity contribution < 1.29 is 4.79 Å². The molecule has 2 aromatic carbocycles. The maximum Gasteiger partial charge on any atom is 0.230 e. The highest BCUT2D eigenvalue weighted by atomic mass is 32.2. The lowest BCUT2D eigenvalue weighted by Crippen LogP contribution is -2.38. The van der Waals surface area contributed by atoms with E-state index in [4.69, 9.17) is 0 Å². The van der Waals surface area contributed by atoms with Crippen LogP contribution in [0.1, 0.15) is 23.1 Å². The van der Waals surface area contributed by atoms with Gasteiger partial charge in [-0.15, -0.1) is 5.10 Å². The molecule has 1 fully saturated rings. The number of rotatable bonds is 7. The molecule has 4 rings (SSSR count). The Morgan fingerprint density at radius 3 is 2.80 bits per heavy atom. The fourth-order valence-corrected chi connectivity index (χ4v) is 4.33. The third-order valence-corrected chi connectivity index (χ3v) is 6.31. The number of nitrogens with zero attached hydrogens (tertiary/aromatic N) is 5. The standard InChI is InChI=1S/C22H26N6OS/c1-16-8-9-20(12-17(16)2)28-22(24-25-26-28)30-15-21(29)23-19-10-11-27(14-19)13-18-6-4-3-5-7-18/h3-9,12,19H,10-11,13-15H2,1-2H3,(H,23,29). The van der Waals surface area contributed by atoms with Crippen molar-refractivity contribution in [1.82, 2.24) is 30.4 Å². The molecule has 1 aliphatic rings. The second-order valence-electron chi connectivity index (χ2n) is 7.70. The van der Waals surface area contributed by atoms with Gasteiger partial charge < -0.3 is 5.32 Å². The SMILES string of the molecule is Cc1ccc(-n2nnnc2SCC(=O)NC2CCN(Cc3ccccc3)C2)cc1C. The van der Waals surface area contributed by atoms with E-state index in [0.29, 0.717) is 10.9 Å². The van der Waals surface area contributed by atoms with Crippen molar-refractivity contribution in [2.75, 3.05) is 18.8 Å². The van der Waals surface area contributed by atoms with Crippen molar-refractivity contribution in [3.8, 4) is 5.69 Å². The van der Waals surface area contributed by atoms with E-state index in [1.807, 2.05) is 12.1 Å². The molecule has 2 heterocycles. The van der Waals surface area contributed by atoms with E-state index in [2.05, 4.69) is 76.0 Å². The zero-order valence-corrected chi connectivity index (χ0v) is 18.1. The van der Waals surface area contributed by atoms with Gasteiger partial charge in [-0.2, -0.15) is 4.68 Å². The summed E-state index contributed by atoms with van der Waals surface area (Å²) >= 11 is 1.35. The Morgan fingerprint density at radius 2 is 2.00 bits per heavy atom. The molecule has 0 bridgehead atoms. The molecule has 0 saturated carbocycles. The molecule has 1 saturated heterocycles. The normalized spacial score (nSPS) is 16.7. The first-order valence-electron chi connectivity index (χ1n) is 10.1. The van der Waals surface area contributed by atoms with Crippen LogP contribution in [0.15, 0.2) is 53.7 Å². The molecule has 0 spiro atoms. The van der Waals surface area contributed by atoms with Crippen molar-refractivity contribution in [3.05, 3.63) is 65.2 Å². The van der Waals surface area contributed by atoms with E-state index in [9.17, 15) is 4.79 Å². The van der Waals surface area contributed by atoms with Gasteiger partial charge in [-0.3, -0.25) is 9.69 Å². The first-order valence-corrected chi connectivity index (χ1v) is 11.1. The van der Waals surface area contributed by atoms with E-state index in [0.717, 1.165) is 31.7 Å². The third-order valence-electron chi connectivity index (χ3n) is 5.39. The summed E-state index contributed by atoms with van der Waals surface area (Å²) in [4.78, 5) is 14.9. The molecular weight excluding hydrogens is 396 g/mol. The molecule has 1 aromatic heterocycles. The van der Waals surface area contributed by atoms with Crippen LogP contribution in [0.2, 0.25) is 0 Å². The fraction of sp³-hybridized carbons (Fsp3) is 0.364. The maximum absolute atomic E-state index is 12.5. The smallest absolute Gasteiger partial charge is 0.230 e. The molecule has 156 valence electrons. The first-order chi connectivity index (χ1) is 14.6. The molecule has 0 aliphatic carbocycles. The molecule has 1 unspecified atom stereocenters. The number of hydrogen-bond acceptors (Lipinski definition) is 6. The van der Waals surface area contributed by atoms with E-state index < -0.39 is 0 Å². The Balaban J connectivity index is 1.28. The Labute approximate surface area is 180 Å². The number of tetrazole rings is 1. The monoisotopic (exact) mass is 422 g/mol. The number of benzene rings is 2. The van der Waals surface area contributed by atoms with Gasteiger partial charge in [0.1, 0.15) is 0 Å². The summed E-state index contributed by atoms with van der Waals surface area (Å²) in [6.07, 6.45) is 0.976. The van der Waals surface area contributed by atoms with Crippen LogP contribution >= 0.6 is 11.8 Å². The number of carbonyl (C=O) groups excluding carboxylic acids is 1. The van der Waals surface area contributed by atoms with Gasteiger partial charge in [0.25, 0.3) is 0 Å². The number of nitrogens with one attached hydrogen (secondary N) is 1. The van der Waals surface area contributed by atoms with Crippen LogP contribution in [0.25, 0.3) is 5.69 Å². The minimum absolute atomic E-state index is 0.0150. The number of thioether (sulfide) groups is 1. The number of aromatic nitrogens is 4. The van der Waals surface area contributed by atoms with Gasteiger partial charge in [-0.05, 0) is 59.5 Å². The van der Waals surface area contributed by atoms with Gasteiger partial charge in [-0.1, -0.05) is 48.2 Å². The molecule has 30 heavy (non-hydrogen) atoms. The fourth-order valence-electron chi connectivity index (χ4n) is 3.62. The summed E-state index contributed by atoms with van der Waals surface area (Å²) < 4.78 is 1.68. The second-order valence-corrected chi connectivity index (χ2v) is 8.65. The highest BCUT2D eigenvalue weighted by Gasteiger charge is 2.24. The average Bonchev–Trinajstić information content (AvgIpc) is 3.39. The zero-order valence-electron chi connectivity index (χ0n) is 17.3. The van der Waals surface area contributed by atoms with Crippen LogP contribution in [0.5, 0.6) is 0 Å². The van der Waals surface area contributed by atoms with Crippen molar-refractivity contribution in [3.63, 3.8) is 0 Å². The molecule has 0 radical (unpaired) electrons. The Hall–Kier alpha value is -2.71. The van der Waals surface area contributed by atoms with Crippen LogP contribution in [-0.4, -0.2) is 55.9 Å². The summed E-state index contributed by atoms with van der Waals surface area (Å²) in [5, 5.41) is 15.7. The van der Waals surface area contributed by atoms with Gasteiger partial charge >= 0.3 is 0 Å². The van der Waals surface area contributed by atoms with Crippen molar-refractivity contribution in [1.29, 1.82) is 0 Å². The topological polar surface area (TPSA) is 75.9 Å². The summed E-state index contributed by atoms with van der Waals surface area (Å²) in [7, 11) is 0. The molecule has 1 aliphatic heterocycles. The maximum atomic E-state index is 12.5. The predicted molar refractivity (Wildman–Crippen MR) is 118 cm³/mol.